The predicted molar refractivity (Wildman–Crippen MR) is 121 cm³/mol. The van der Waals surface area contributed by atoms with Crippen LogP contribution in [0.15, 0.2) is 42.5 Å². The van der Waals surface area contributed by atoms with Crippen molar-refractivity contribution in [1.82, 2.24) is 4.90 Å². The number of carbonyl (C=O) groups excluding carboxylic acids is 2. The second-order valence-corrected chi connectivity index (χ2v) is 9.19. The van der Waals surface area contributed by atoms with Gasteiger partial charge in [-0.1, -0.05) is 24.3 Å². The van der Waals surface area contributed by atoms with Crippen LogP contribution in [0.1, 0.15) is 49.0 Å². The maximum Gasteiger partial charge on any atom is 0.306 e. The fourth-order valence-electron chi connectivity index (χ4n) is 4.46. The molecule has 0 unspecified atom stereocenters. The number of nitrogens with zero attached hydrogens (tertiary/aromatic N) is 1. The van der Waals surface area contributed by atoms with Crippen LogP contribution in [0.25, 0.3) is 0 Å². The van der Waals surface area contributed by atoms with E-state index in [0.29, 0.717) is 11.1 Å². The predicted octanol–water partition coefficient (Wildman–Crippen LogP) is 3.05. The summed E-state index contributed by atoms with van der Waals surface area (Å²) in [4.78, 5) is 27.6. The lowest BCUT2D eigenvalue weighted by Gasteiger charge is -2.28. The highest BCUT2D eigenvalue weighted by Gasteiger charge is 2.47. The lowest BCUT2D eigenvalue weighted by molar-refractivity contribution is -0.156. The summed E-state index contributed by atoms with van der Waals surface area (Å²) < 4.78 is 10.9. The molecule has 2 aromatic rings. The van der Waals surface area contributed by atoms with Gasteiger partial charge in [0.05, 0.1) is 26.2 Å². The van der Waals surface area contributed by atoms with Gasteiger partial charge < -0.3 is 29.7 Å². The van der Waals surface area contributed by atoms with Crippen LogP contribution in [0, 0.1) is 5.92 Å². The van der Waals surface area contributed by atoms with Crippen LogP contribution >= 0.6 is 0 Å². The summed E-state index contributed by atoms with van der Waals surface area (Å²) in [5.74, 6) is -2.37. The molecule has 1 fully saturated rings. The molecule has 3 atom stereocenters. The van der Waals surface area contributed by atoms with Crippen LogP contribution in [0.2, 0.25) is 0 Å². The Balaban J connectivity index is 2.04. The molecule has 3 rings (SSSR count). The number of rotatable bonds is 6. The summed E-state index contributed by atoms with van der Waals surface area (Å²) in [5.41, 5.74) is 0.310. The highest BCUT2D eigenvalue weighted by atomic mass is 16.6. The number of carbonyl (C=O) groups is 2. The normalized spacial score (nSPS) is 20.5. The van der Waals surface area contributed by atoms with Gasteiger partial charge in [-0.3, -0.25) is 9.59 Å². The second-order valence-electron chi connectivity index (χ2n) is 9.19. The monoisotopic (exact) mass is 457 g/mol. The first-order chi connectivity index (χ1) is 15.6. The molecule has 1 heterocycles. The summed E-state index contributed by atoms with van der Waals surface area (Å²) >= 11 is 0. The van der Waals surface area contributed by atoms with Crippen LogP contribution < -0.4 is 4.74 Å². The number of aromatic hydroxyl groups is 2. The lowest BCUT2D eigenvalue weighted by Crippen LogP contribution is -2.41. The Labute approximate surface area is 193 Å². The molecule has 33 heavy (non-hydrogen) atoms. The first kappa shape index (κ1) is 24.4. The molecule has 1 saturated heterocycles. The minimum Gasteiger partial charge on any atom is -0.504 e. The van der Waals surface area contributed by atoms with Gasteiger partial charge in [0.2, 0.25) is 5.75 Å². The third-order valence-corrected chi connectivity index (χ3v) is 5.84. The Bertz CT molecular complexity index is 1000. The van der Waals surface area contributed by atoms with Crippen LogP contribution in [-0.4, -0.2) is 64.0 Å². The van der Waals surface area contributed by atoms with E-state index >= 15 is 0 Å². The van der Waals surface area contributed by atoms with E-state index in [4.69, 9.17) is 9.47 Å². The SMILES string of the molecule is COc1c([C@H]2CN(C(=O)c3ccccc3)[C@H](CO)[C@H]2CC(=O)OC(C)(C)C)ccc(O)c1O. The maximum atomic E-state index is 13.3. The number of aliphatic hydroxyl groups excluding tert-OH is 1. The Morgan fingerprint density at radius 3 is 2.33 bits per heavy atom. The number of aliphatic hydroxyl groups is 1. The van der Waals surface area contributed by atoms with Gasteiger partial charge in [-0.25, -0.2) is 0 Å². The number of hydrogen-bond acceptors (Lipinski definition) is 7. The molecule has 1 aliphatic heterocycles. The minimum atomic E-state index is -0.687. The molecular weight excluding hydrogens is 426 g/mol. The Kier molecular flexibility index (Phi) is 7.17. The molecular formula is C25H31NO7. The number of hydrogen-bond donors (Lipinski definition) is 3. The topological polar surface area (TPSA) is 117 Å². The number of amides is 1. The standard InChI is InChI=1S/C25H31NO7/c1-25(2,3)33-21(29)12-17-18(16-10-11-20(28)22(30)23(16)32-4)13-26(19(17)14-27)24(31)15-8-6-5-7-9-15/h5-11,17-19,27-28,30H,12-14H2,1-4H3/t17-,18+,19+/m0/s1. The smallest absolute Gasteiger partial charge is 0.306 e. The molecule has 0 aliphatic carbocycles. The fourth-order valence-corrected chi connectivity index (χ4v) is 4.46. The molecule has 1 aliphatic rings. The van der Waals surface area contributed by atoms with Gasteiger partial charge >= 0.3 is 5.97 Å². The first-order valence-electron chi connectivity index (χ1n) is 10.8. The molecule has 0 aromatic heterocycles. The average Bonchev–Trinajstić information content (AvgIpc) is 3.12. The molecule has 8 nitrogen and oxygen atoms in total. The third-order valence-electron chi connectivity index (χ3n) is 5.84. The molecule has 0 bridgehead atoms. The molecule has 8 heteroatoms. The Morgan fingerprint density at radius 2 is 1.76 bits per heavy atom. The average molecular weight is 458 g/mol. The fraction of sp³-hybridized carbons (Fsp3) is 0.440. The van der Waals surface area contributed by atoms with Crippen molar-refractivity contribution in [3.05, 3.63) is 53.6 Å². The van der Waals surface area contributed by atoms with Gasteiger partial charge in [0, 0.05) is 29.5 Å². The van der Waals surface area contributed by atoms with E-state index in [1.54, 1.807) is 56.0 Å². The highest BCUT2D eigenvalue weighted by Crippen LogP contribution is 2.48. The van der Waals surface area contributed by atoms with Gasteiger partial charge in [0.25, 0.3) is 5.91 Å². The van der Waals surface area contributed by atoms with Crippen LogP contribution in [0.4, 0.5) is 0 Å². The maximum absolute atomic E-state index is 13.3. The quantitative estimate of drug-likeness (QED) is 0.451. The lowest BCUT2D eigenvalue weighted by atomic mass is 9.82. The first-order valence-corrected chi connectivity index (χ1v) is 10.8. The van der Waals surface area contributed by atoms with Crippen molar-refractivity contribution < 1.29 is 34.4 Å². The van der Waals surface area contributed by atoms with E-state index in [1.165, 1.54) is 13.2 Å². The van der Waals surface area contributed by atoms with Gasteiger partial charge in [-0.2, -0.15) is 0 Å². The molecule has 3 N–H and O–H groups in total. The van der Waals surface area contributed by atoms with Crippen LogP contribution in [0.3, 0.4) is 0 Å². The van der Waals surface area contributed by atoms with Crippen LogP contribution in [0.5, 0.6) is 17.2 Å². The van der Waals surface area contributed by atoms with Gasteiger partial charge in [-0.15, -0.1) is 0 Å². The zero-order chi connectivity index (χ0) is 24.3. The van der Waals surface area contributed by atoms with Crippen molar-refractivity contribution in [2.24, 2.45) is 5.92 Å². The van der Waals surface area contributed by atoms with E-state index < -0.39 is 35.2 Å². The number of esters is 1. The molecule has 0 saturated carbocycles. The van der Waals surface area contributed by atoms with E-state index in [9.17, 15) is 24.9 Å². The van der Waals surface area contributed by atoms with E-state index in [-0.39, 0.29) is 37.0 Å². The zero-order valence-electron chi connectivity index (χ0n) is 19.3. The number of benzene rings is 2. The van der Waals surface area contributed by atoms with Crippen molar-refractivity contribution in [1.29, 1.82) is 0 Å². The summed E-state index contributed by atoms with van der Waals surface area (Å²) in [6.07, 6.45) is -0.0451. The van der Waals surface area contributed by atoms with E-state index in [2.05, 4.69) is 0 Å². The van der Waals surface area contributed by atoms with Crippen molar-refractivity contribution in [2.45, 2.75) is 44.8 Å². The summed E-state index contributed by atoms with van der Waals surface area (Å²) in [5, 5.41) is 30.5. The van der Waals surface area contributed by atoms with Crippen molar-refractivity contribution in [3.63, 3.8) is 0 Å². The molecule has 1 amide bonds. The number of ether oxygens (including phenoxy) is 2. The summed E-state index contributed by atoms with van der Waals surface area (Å²) in [6, 6.07) is 11.0. The Hall–Kier alpha value is -3.26. The summed E-state index contributed by atoms with van der Waals surface area (Å²) in [7, 11) is 1.37. The number of methoxy groups -OCH3 is 1. The number of likely N-dealkylation sites (tertiary alicyclic amines) is 1. The second kappa shape index (κ2) is 9.70. The Morgan fingerprint density at radius 1 is 1.09 bits per heavy atom. The zero-order valence-corrected chi connectivity index (χ0v) is 19.3. The molecule has 178 valence electrons. The van der Waals surface area contributed by atoms with E-state index in [0.717, 1.165) is 0 Å². The van der Waals surface area contributed by atoms with Crippen molar-refractivity contribution in [3.8, 4) is 17.2 Å². The molecule has 0 spiro atoms. The van der Waals surface area contributed by atoms with Crippen molar-refractivity contribution in [2.75, 3.05) is 20.3 Å². The van der Waals surface area contributed by atoms with Crippen LogP contribution in [-0.2, 0) is 9.53 Å². The largest absolute Gasteiger partial charge is 0.504 e. The van der Waals surface area contributed by atoms with E-state index in [1.807, 2.05) is 6.07 Å². The van der Waals surface area contributed by atoms with Gasteiger partial charge in [0.15, 0.2) is 11.5 Å². The number of phenolic OH excluding ortho intramolecular Hbond substituents is 2. The molecule has 0 radical (unpaired) electrons. The third kappa shape index (κ3) is 5.22. The minimum absolute atomic E-state index is 0.0451. The molecule has 2 aromatic carbocycles. The number of phenols is 2. The van der Waals surface area contributed by atoms with Gasteiger partial charge in [-0.05, 0) is 39.0 Å². The van der Waals surface area contributed by atoms with Gasteiger partial charge in [0.1, 0.15) is 5.60 Å². The van der Waals surface area contributed by atoms with Crippen molar-refractivity contribution >= 4 is 11.9 Å². The summed E-state index contributed by atoms with van der Waals surface area (Å²) in [6.45, 7) is 5.15. The highest BCUT2D eigenvalue weighted by molar-refractivity contribution is 5.94.